The van der Waals surface area contributed by atoms with Crippen molar-refractivity contribution in [2.75, 3.05) is 18.9 Å². The molecule has 0 aliphatic carbocycles. The lowest BCUT2D eigenvalue weighted by atomic mass is 9.95. The fraction of sp³-hybridized carbons (Fsp3) is 0.280. The molecular formula is C25H26FN7O2. The van der Waals surface area contributed by atoms with Gasteiger partial charge in [-0.25, -0.2) is 24.3 Å². The minimum absolute atomic E-state index is 0.0125. The maximum atomic E-state index is 14.7. The number of nitrogens with zero attached hydrogens (tertiary/aromatic N) is 5. The van der Waals surface area contributed by atoms with Gasteiger partial charge in [0.25, 0.3) is 5.91 Å². The molecule has 0 aliphatic heterocycles. The van der Waals surface area contributed by atoms with Crippen molar-refractivity contribution < 1.29 is 13.9 Å². The first-order valence-corrected chi connectivity index (χ1v) is 11.2. The number of aromatic nitrogens is 5. The van der Waals surface area contributed by atoms with E-state index in [-0.39, 0.29) is 28.9 Å². The average Bonchev–Trinajstić information content (AvgIpc) is 2.87. The van der Waals surface area contributed by atoms with Crippen LogP contribution in [0.25, 0.3) is 22.2 Å². The highest BCUT2D eigenvalue weighted by Gasteiger charge is 2.18. The number of benzene rings is 1. The van der Waals surface area contributed by atoms with Crippen molar-refractivity contribution in [2.45, 2.75) is 32.8 Å². The number of nitrogens with one attached hydrogen (secondary N) is 2. The molecule has 35 heavy (non-hydrogen) atoms. The zero-order chi connectivity index (χ0) is 24.9. The molecule has 0 bridgehead atoms. The summed E-state index contributed by atoms with van der Waals surface area (Å²) >= 11 is 0. The molecule has 10 heteroatoms. The van der Waals surface area contributed by atoms with Crippen molar-refractivity contribution in [3.05, 3.63) is 66.1 Å². The molecule has 0 fully saturated rings. The SMILES string of the molecule is CNC(=O)c1ccnc2c([C@H](C)CNc3cc(-c4cnc(OC(C)C)nc4)ncn3)ccc(F)c12. The molecule has 4 rings (SSSR count). The van der Waals surface area contributed by atoms with Crippen LogP contribution in [-0.2, 0) is 0 Å². The van der Waals surface area contributed by atoms with E-state index in [4.69, 9.17) is 4.74 Å². The summed E-state index contributed by atoms with van der Waals surface area (Å²) in [6.07, 6.45) is 6.28. The molecule has 0 radical (unpaired) electrons. The Morgan fingerprint density at radius 1 is 1.06 bits per heavy atom. The Morgan fingerprint density at radius 2 is 1.83 bits per heavy atom. The minimum atomic E-state index is -0.483. The van der Waals surface area contributed by atoms with Gasteiger partial charge in [-0.3, -0.25) is 9.78 Å². The predicted octanol–water partition coefficient (Wildman–Crippen LogP) is 3.98. The Bertz CT molecular complexity index is 1350. The molecule has 3 heterocycles. The molecular weight excluding hydrogens is 449 g/mol. The molecule has 0 saturated carbocycles. The lowest BCUT2D eigenvalue weighted by molar-refractivity contribution is 0.0964. The zero-order valence-corrected chi connectivity index (χ0v) is 19.9. The second-order valence-corrected chi connectivity index (χ2v) is 8.29. The van der Waals surface area contributed by atoms with Gasteiger partial charge in [-0.1, -0.05) is 13.0 Å². The van der Waals surface area contributed by atoms with E-state index in [9.17, 15) is 9.18 Å². The standard InChI is InChI=1S/C25H26FN7O2/c1-14(2)35-25-30-11-16(12-31-25)20-9-21(33-13-32-20)29-10-15(3)17-5-6-19(26)22-18(24(34)27-4)7-8-28-23(17)22/h5-9,11-15H,10H2,1-4H3,(H,27,34)(H,29,32,33)/t15-/m1/s1. The van der Waals surface area contributed by atoms with Crippen LogP contribution in [0.1, 0.15) is 42.6 Å². The summed E-state index contributed by atoms with van der Waals surface area (Å²) in [5.74, 6) is -0.279. The van der Waals surface area contributed by atoms with Gasteiger partial charge in [0.2, 0.25) is 0 Å². The third-order valence-corrected chi connectivity index (χ3v) is 5.40. The van der Waals surface area contributed by atoms with Crippen LogP contribution in [0.5, 0.6) is 6.01 Å². The second kappa shape index (κ2) is 10.4. The quantitative estimate of drug-likeness (QED) is 0.393. The number of pyridine rings is 1. The summed E-state index contributed by atoms with van der Waals surface area (Å²) in [6.45, 7) is 6.32. The molecule has 1 atom stereocenters. The average molecular weight is 476 g/mol. The van der Waals surface area contributed by atoms with Gasteiger partial charge in [0, 0.05) is 55.1 Å². The van der Waals surface area contributed by atoms with Crippen molar-refractivity contribution in [1.82, 2.24) is 30.2 Å². The number of hydrogen-bond acceptors (Lipinski definition) is 8. The second-order valence-electron chi connectivity index (χ2n) is 8.29. The molecule has 1 amide bonds. The molecule has 4 aromatic rings. The van der Waals surface area contributed by atoms with Gasteiger partial charge in [-0.2, -0.15) is 0 Å². The Balaban J connectivity index is 1.53. The maximum Gasteiger partial charge on any atom is 0.316 e. The van der Waals surface area contributed by atoms with E-state index in [1.807, 2.05) is 20.8 Å². The summed E-state index contributed by atoms with van der Waals surface area (Å²) in [5.41, 5.74) is 2.93. The Hall–Kier alpha value is -4.21. The van der Waals surface area contributed by atoms with E-state index in [1.165, 1.54) is 31.7 Å². The first-order chi connectivity index (χ1) is 16.9. The van der Waals surface area contributed by atoms with Gasteiger partial charge in [0.15, 0.2) is 0 Å². The van der Waals surface area contributed by atoms with Crippen LogP contribution >= 0.6 is 0 Å². The highest BCUT2D eigenvalue weighted by atomic mass is 19.1. The first kappa shape index (κ1) is 23.9. The van der Waals surface area contributed by atoms with E-state index in [1.54, 1.807) is 24.5 Å². The highest BCUT2D eigenvalue weighted by Crippen LogP contribution is 2.29. The smallest absolute Gasteiger partial charge is 0.316 e. The molecule has 0 aliphatic rings. The number of anilines is 1. The predicted molar refractivity (Wildman–Crippen MR) is 131 cm³/mol. The monoisotopic (exact) mass is 475 g/mol. The van der Waals surface area contributed by atoms with Gasteiger partial charge >= 0.3 is 6.01 Å². The third kappa shape index (κ3) is 5.32. The van der Waals surface area contributed by atoms with Gasteiger partial charge in [0.1, 0.15) is 18.0 Å². The van der Waals surface area contributed by atoms with Crippen LogP contribution in [-0.4, -0.2) is 50.5 Å². The number of amides is 1. The lowest BCUT2D eigenvalue weighted by Gasteiger charge is -2.17. The number of rotatable bonds is 8. The van der Waals surface area contributed by atoms with Crippen LogP contribution in [0.15, 0.2) is 49.2 Å². The van der Waals surface area contributed by atoms with Crippen molar-refractivity contribution in [3.8, 4) is 17.3 Å². The summed E-state index contributed by atoms with van der Waals surface area (Å²) in [7, 11) is 1.51. The Morgan fingerprint density at radius 3 is 2.54 bits per heavy atom. The summed E-state index contributed by atoms with van der Waals surface area (Å²) < 4.78 is 20.1. The molecule has 2 N–H and O–H groups in total. The number of carbonyl (C=O) groups is 1. The van der Waals surface area contributed by atoms with Crippen molar-refractivity contribution in [2.24, 2.45) is 0 Å². The van der Waals surface area contributed by atoms with Crippen molar-refractivity contribution in [1.29, 1.82) is 0 Å². The Kier molecular flexibility index (Phi) is 7.09. The maximum absolute atomic E-state index is 14.7. The topological polar surface area (TPSA) is 115 Å². The summed E-state index contributed by atoms with van der Waals surface area (Å²) in [4.78, 5) is 33.7. The fourth-order valence-corrected chi connectivity index (χ4v) is 3.67. The molecule has 0 spiro atoms. The first-order valence-electron chi connectivity index (χ1n) is 11.2. The molecule has 0 unspecified atom stereocenters. The van der Waals surface area contributed by atoms with Crippen LogP contribution in [0, 0.1) is 5.82 Å². The molecule has 0 saturated heterocycles. The van der Waals surface area contributed by atoms with Crippen molar-refractivity contribution in [3.63, 3.8) is 0 Å². The molecule has 3 aromatic heterocycles. The summed E-state index contributed by atoms with van der Waals surface area (Å²) in [5, 5.41) is 6.06. The zero-order valence-electron chi connectivity index (χ0n) is 19.9. The van der Waals surface area contributed by atoms with Gasteiger partial charge in [-0.15, -0.1) is 0 Å². The number of carbonyl (C=O) groups excluding carboxylic acids is 1. The Labute approximate surface area is 202 Å². The lowest BCUT2D eigenvalue weighted by Crippen LogP contribution is -2.19. The molecule has 9 nitrogen and oxygen atoms in total. The van der Waals surface area contributed by atoms with Gasteiger partial charge < -0.3 is 15.4 Å². The highest BCUT2D eigenvalue weighted by molar-refractivity contribution is 6.06. The van der Waals surface area contributed by atoms with Crippen LogP contribution in [0.4, 0.5) is 10.2 Å². The summed E-state index contributed by atoms with van der Waals surface area (Å²) in [6, 6.07) is 6.71. The van der Waals surface area contributed by atoms with E-state index < -0.39 is 5.82 Å². The van der Waals surface area contributed by atoms with Crippen LogP contribution in [0.3, 0.4) is 0 Å². The van der Waals surface area contributed by atoms with Crippen LogP contribution in [0.2, 0.25) is 0 Å². The van der Waals surface area contributed by atoms with E-state index >= 15 is 0 Å². The number of hydrogen-bond donors (Lipinski definition) is 2. The van der Waals surface area contributed by atoms with Gasteiger partial charge in [0.05, 0.1) is 22.9 Å². The van der Waals surface area contributed by atoms with Crippen LogP contribution < -0.4 is 15.4 Å². The van der Waals surface area contributed by atoms with E-state index in [0.29, 0.717) is 29.6 Å². The van der Waals surface area contributed by atoms with E-state index in [0.717, 1.165) is 11.1 Å². The fourth-order valence-electron chi connectivity index (χ4n) is 3.67. The number of fused-ring (bicyclic) bond motifs is 1. The number of halogens is 1. The normalized spacial score (nSPS) is 11.9. The minimum Gasteiger partial charge on any atom is -0.461 e. The van der Waals surface area contributed by atoms with Crippen molar-refractivity contribution >= 4 is 22.6 Å². The largest absolute Gasteiger partial charge is 0.461 e. The van der Waals surface area contributed by atoms with Gasteiger partial charge in [-0.05, 0) is 31.5 Å². The number of ether oxygens (including phenoxy) is 1. The van der Waals surface area contributed by atoms with E-state index in [2.05, 4.69) is 35.6 Å². The molecule has 1 aromatic carbocycles. The molecule has 180 valence electrons. The third-order valence-electron chi connectivity index (χ3n) is 5.40.